The van der Waals surface area contributed by atoms with Gasteiger partial charge in [0.1, 0.15) is 18.5 Å². The number of para-hydroxylation sites is 2. The number of hydrogen-bond acceptors (Lipinski definition) is 4. The summed E-state index contributed by atoms with van der Waals surface area (Å²) in [4.78, 5) is 11.9. The predicted molar refractivity (Wildman–Crippen MR) is 91.4 cm³/mol. The van der Waals surface area contributed by atoms with Gasteiger partial charge in [-0.05, 0) is 35.9 Å². The van der Waals surface area contributed by atoms with Crippen LogP contribution in [0.2, 0.25) is 0 Å². The summed E-state index contributed by atoms with van der Waals surface area (Å²) >= 11 is 0. The summed E-state index contributed by atoms with van der Waals surface area (Å²) in [5, 5.41) is 2.82. The Morgan fingerprint density at radius 3 is 2.71 bits per heavy atom. The van der Waals surface area contributed by atoms with Crippen molar-refractivity contribution >= 4 is 12.0 Å². The molecular weight excluding hydrogens is 306 g/mol. The van der Waals surface area contributed by atoms with E-state index in [2.05, 4.69) is 5.32 Å². The van der Waals surface area contributed by atoms with E-state index in [-0.39, 0.29) is 12.0 Å². The zero-order chi connectivity index (χ0) is 16.8. The number of ether oxygens (including phenoxy) is 3. The van der Waals surface area contributed by atoms with Crippen LogP contribution < -0.4 is 19.5 Å². The van der Waals surface area contributed by atoms with Crippen LogP contribution in [0, 0.1) is 0 Å². The number of carbonyl (C=O) groups excluding carboxylic acids is 1. The topological polar surface area (TPSA) is 56.8 Å². The van der Waals surface area contributed by atoms with Crippen molar-refractivity contribution in [1.82, 2.24) is 5.32 Å². The second-order valence-electron chi connectivity index (χ2n) is 5.35. The molecule has 0 aromatic heterocycles. The molecule has 1 N–H and O–H groups in total. The maximum absolute atomic E-state index is 11.9. The number of amides is 1. The first-order valence-corrected chi connectivity index (χ1v) is 7.73. The standard InChI is InChI=1S/C19H19NO4/c1-22-15-9-6-14(7-10-15)8-11-19(21)20-12-16-13-23-17-4-2-3-5-18(17)24-16/h2-11,16H,12-13H2,1H3,(H,20,21)/b11-8+/t16-/m0/s1. The molecule has 1 amide bonds. The zero-order valence-corrected chi connectivity index (χ0v) is 13.4. The smallest absolute Gasteiger partial charge is 0.244 e. The van der Waals surface area contributed by atoms with Gasteiger partial charge in [-0.15, -0.1) is 0 Å². The lowest BCUT2D eigenvalue weighted by atomic mass is 10.2. The monoisotopic (exact) mass is 325 g/mol. The van der Waals surface area contributed by atoms with Gasteiger partial charge in [0.2, 0.25) is 5.91 Å². The molecule has 1 aliphatic rings. The third kappa shape index (κ3) is 4.07. The number of hydrogen-bond donors (Lipinski definition) is 1. The highest BCUT2D eigenvalue weighted by Crippen LogP contribution is 2.30. The molecule has 0 aliphatic carbocycles. The van der Waals surface area contributed by atoms with Crippen LogP contribution in [0.25, 0.3) is 6.08 Å². The second-order valence-corrected chi connectivity index (χ2v) is 5.35. The van der Waals surface area contributed by atoms with Gasteiger partial charge in [-0.25, -0.2) is 0 Å². The highest BCUT2D eigenvalue weighted by Gasteiger charge is 2.20. The Bertz CT molecular complexity index is 724. The first-order valence-electron chi connectivity index (χ1n) is 7.73. The van der Waals surface area contributed by atoms with Crippen molar-refractivity contribution in [1.29, 1.82) is 0 Å². The molecule has 0 saturated carbocycles. The Morgan fingerprint density at radius 2 is 1.96 bits per heavy atom. The summed E-state index contributed by atoms with van der Waals surface area (Å²) in [5.41, 5.74) is 0.928. The highest BCUT2D eigenvalue weighted by atomic mass is 16.6. The summed E-state index contributed by atoms with van der Waals surface area (Å²) in [7, 11) is 1.62. The van der Waals surface area contributed by atoms with Gasteiger partial charge < -0.3 is 19.5 Å². The van der Waals surface area contributed by atoms with Gasteiger partial charge in [-0.1, -0.05) is 24.3 Å². The third-order valence-corrected chi connectivity index (χ3v) is 3.61. The molecule has 24 heavy (non-hydrogen) atoms. The SMILES string of the molecule is COc1ccc(/C=C/C(=O)NC[C@H]2COc3ccccc3O2)cc1. The summed E-state index contributed by atoms with van der Waals surface area (Å²) in [5.74, 6) is 2.05. The molecule has 0 bridgehead atoms. The summed E-state index contributed by atoms with van der Waals surface area (Å²) in [6.45, 7) is 0.805. The predicted octanol–water partition coefficient (Wildman–Crippen LogP) is 2.66. The Balaban J connectivity index is 1.48. The van der Waals surface area contributed by atoms with Crippen LogP contribution in [0.4, 0.5) is 0 Å². The molecule has 124 valence electrons. The molecule has 0 radical (unpaired) electrons. The van der Waals surface area contributed by atoms with Crippen LogP contribution in [0.1, 0.15) is 5.56 Å². The van der Waals surface area contributed by atoms with Gasteiger partial charge in [0.25, 0.3) is 0 Å². The van der Waals surface area contributed by atoms with E-state index in [1.807, 2.05) is 48.5 Å². The molecule has 1 atom stereocenters. The number of benzene rings is 2. The number of methoxy groups -OCH3 is 1. The van der Waals surface area contributed by atoms with E-state index >= 15 is 0 Å². The van der Waals surface area contributed by atoms with Gasteiger partial charge >= 0.3 is 0 Å². The van der Waals surface area contributed by atoms with Crippen LogP contribution in [-0.4, -0.2) is 32.3 Å². The zero-order valence-electron chi connectivity index (χ0n) is 13.4. The fraction of sp³-hybridized carbons (Fsp3) is 0.211. The van der Waals surface area contributed by atoms with Crippen molar-refractivity contribution in [2.75, 3.05) is 20.3 Å². The highest BCUT2D eigenvalue weighted by molar-refractivity contribution is 5.91. The van der Waals surface area contributed by atoms with Gasteiger partial charge in [0.15, 0.2) is 11.5 Å². The minimum atomic E-state index is -0.196. The van der Waals surface area contributed by atoms with Crippen LogP contribution in [-0.2, 0) is 4.79 Å². The molecule has 0 unspecified atom stereocenters. The third-order valence-electron chi connectivity index (χ3n) is 3.61. The van der Waals surface area contributed by atoms with Crippen molar-refractivity contribution in [2.24, 2.45) is 0 Å². The van der Waals surface area contributed by atoms with E-state index in [0.29, 0.717) is 18.9 Å². The summed E-state index contributed by atoms with van der Waals surface area (Å²) in [6.07, 6.45) is 3.06. The molecule has 0 spiro atoms. The quantitative estimate of drug-likeness (QED) is 0.859. The van der Waals surface area contributed by atoms with Crippen molar-refractivity contribution in [2.45, 2.75) is 6.10 Å². The van der Waals surface area contributed by atoms with E-state index in [0.717, 1.165) is 17.1 Å². The minimum Gasteiger partial charge on any atom is -0.497 e. The molecule has 2 aromatic rings. The van der Waals surface area contributed by atoms with E-state index in [1.165, 1.54) is 6.08 Å². The molecule has 1 heterocycles. The molecular formula is C19H19NO4. The lowest BCUT2D eigenvalue weighted by molar-refractivity contribution is -0.116. The lowest BCUT2D eigenvalue weighted by Gasteiger charge is -2.26. The van der Waals surface area contributed by atoms with Gasteiger partial charge in [-0.3, -0.25) is 4.79 Å². The first-order chi connectivity index (χ1) is 11.7. The van der Waals surface area contributed by atoms with Crippen LogP contribution >= 0.6 is 0 Å². The van der Waals surface area contributed by atoms with E-state index in [1.54, 1.807) is 13.2 Å². The van der Waals surface area contributed by atoms with Gasteiger partial charge in [-0.2, -0.15) is 0 Å². The number of carbonyl (C=O) groups is 1. The lowest BCUT2D eigenvalue weighted by Crippen LogP contribution is -2.40. The fourth-order valence-corrected chi connectivity index (χ4v) is 2.32. The molecule has 0 fully saturated rings. The summed E-state index contributed by atoms with van der Waals surface area (Å²) < 4.78 is 16.5. The van der Waals surface area contributed by atoms with Gasteiger partial charge in [0, 0.05) is 6.08 Å². The van der Waals surface area contributed by atoms with Crippen LogP contribution in [0.15, 0.2) is 54.6 Å². The van der Waals surface area contributed by atoms with Crippen LogP contribution in [0.5, 0.6) is 17.2 Å². The van der Waals surface area contributed by atoms with E-state index in [4.69, 9.17) is 14.2 Å². The van der Waals surface area contributed by atoms with E-state index in [9.17, 15) is 4.79 Å². The average Bonchev–Trinajstić information content (AvgIpc) is 2.65. The fourth-order valence-electron chi connectivity index (χ4n) is 2.32. The molecule has 5 heteroatoms. The average molecular weight is 325 g/mol. The molecule has 2 aromatic carbocycles. The maximum atomic E-state index is 11.9. The Morgan fingerprint density at radius 1 is 1.21 bits per heavy atom. The summed E-state index contributed by atoms with van der Waals surface area (Å²) in [6, 6.07) is 15.0. The largest absolute Gasteiger partial charge is 0.497 e. The normalized spacial score (nSPS) is 16.0. The number of fused-ring (bicyclic) bond motifs is 1. The molecule has 1 aliphatic heterocycles. The minimum absolute atomic E-state index is 0.173. The first kappa shape index (κ1) is 15.9. The Hall–Kier alpha value is -2.95. The van der Waals surface area contributed by atoms with E-state index < -0.39 is 0 Å². The number of rotatable bonds is 5. The molecule has 5 nitrogen and oxygen atoms in total. The molecule has 0 saturated heterocycles. The Labute approximate surface area is 140 Å². The second kappa shape index (κ2) is 7.55. The Kier molecular flexibility index (Phi) is 5.01. The van der Waals surface area contributed by atoms with Gasteiger partial charge in [0.05, 0.1) is 13.7 Å². The van der Waals surface area contributed by atoms with Crippen molar-refractivity contribution in [3.63, 3.8) is 0 Å². The maximum Gasteiger partial charge on any atom is 0.244 e. The number of nitrogens with one attached hydrogen (secondary N) is 1. The van der Waals surface area contributed by atoms with Crippen molar-refractivity contribution in [3.05, 3.63) is 60.2 Å². The molecule has 3 rings (SSSR count). The van der Waals surface area contributed by atoms with Crippen molar-refractivity contribution in [3.8, 4) is 17.2 Å². The van der Waals surface area contributed by atoms with Crippen LogP contribution in [0.3, 0.4) is 0 Å². The van der Waals surface area contributed by atoms with Crippen molar-refractivity contribution < 1.29 is 19.0 Å².